The first kappa shape index (κ1) is 12.9. The van der Waals surface area contributed by atoms with Crippen molar-refractivity contribution < 1.29 is 13.2 Å². The van der Waals surface area contributed by atoms with Crippen molar-refractivity contribution in [1.82, 2.24) is 4.31 Å². The van der Waals surface area contributed by atoms with Gasteiger partial charge in [0.2, 0.25) is 0 Å². The predicted octanol–water partition coefficient (Wildman–Crippen LogP) is 1.56. The number of hydrogen-bond donors (Lipinski definition) is 1. The summed E-state index contributed by atoms with van der Waals surface area (Å²) in [5.74, 6) is -0.553. The summed E-state index contributed by atoms with van der Waals surface area (Å²) in [5, 5.41) is 0. The molecular formula is C11H11ClN2O3S. The molecule has 96 valence electrons. The SMILES string of the molecule is C/C(=C/Cl)CN1C(=O)c2ccc(N)cc2S1(=O)=O. The van der Waals surface area contributed by atoms with Crippen molar-refractivity contribution in [1.29, 1.82) is 0 Å². The highest BCUT2D eigenvalue weighted by Gasteiger charge is 2.41. The Morgan fingerprint density at radius 3 is 2.78 bits per heavy atom. The van der Waals surface area contributed by atoms with Gasteiger partial charge in [-0.1, -0.05) is 11.6 Å². The largest absolute Gasteiger partial charge is 0.399 e. The molecule has 1 aliphatic heterocycles. The summed E-state index contributed by atoms with van der Waals surface area (Å²) in [7, 11) is -3.82. The van der Waals surface area contributed by atoms with Gasteiger partial charge in [-0.2, -0.15) is 0 Å². The molecule has 0 spiro atoms. The summed E-state index contributed by atoms with van der Waals surface area (Å²) >= 11 is 5.49. The van der Waals surface area contributed by atoms with Gasteiger partial charge in [-0.3, -0.25) is 4.79 Å². The van der Waals surface area contributed by atoms with Crippen LogP contribution in [0.3, 0.4) is 0 Å². The molecule has 2 N–H and O–H groups in total. The quantitative estimate of drug-likeness (QED) is 0.837. The molecule has 0 bridgehead atoms. The summed E-state index contributed by atoms with van der Waals surface area (Å²) in [6.45, 7) is 1.59. The van der Waals surface area contributed by atoms with E-state index in [2.05, 4.69) is 0 Å². The van der Waals surface area contributed by atoms with Gasteiger partial charge in [-0.15, -0.1) is 0 Å². The minimum absolute atomic E-state index is 0.0464. The molecule has 1 amide bonds. The Bertz CT molecular complexity index is 652. The molecule has 0 unspecified atom stereocenters. The lowest BCUT2D eigenvalue weighted by Gasteiger charge is -2.14. The maximum atomic E-state index is 12.2. The summed E-state index contributed by atoms with van der Waals surface area (Å²) in [4.78, 5) is 12.0. The first-order chi connectivity index (χ1) is 8.37. The van der Waals surface area contributed by atoms with Crippen LogP contribution in [-0.2, 0) is 10.0 Å². The number of halogens is 1. The number of carbonyl (C=O) groups is 1. The van der Waals surface area contributed by atoms with Gasteiger partial charge in [0.15, 0.2) is 0 Å². The number of nitrogen functional groups attached to an aromatic ring is 1. The van der Waals surface area contributed by atoms with Crippen molar-refractivity contribution in [2.24, 2.45) is 0 Å². The molecule has 18 heavy (non-hydrogen) atoms. The van der Waals surface area contributed by atoms with Crippen LogP contribution in [0.4, 0.5) is 5.69 Å². The fraction of sp³-hybridized carbons (Fsp3) is 0.182. The lowest BCUT2D eigenvalue weighted by Crippen LogP contribution is -2.31. The normalized spacial score (nSPS) is 18.0. The van der Waals surface area contributed by atoms with Crippen molar-refractivity contribution in [3.8, 4) is 0 Å². The number of sulfonamides is 1. The van der Waals surface area contributed by atoms with E-state index in [1.807, 2.05) is 0 Å². The highest BCUT2D eigenvalue weighted by molar-refractivity contribution is 7.90. The molecule has 0 saturated heterocycles. The number of rotatable bonds is 2. The first-order valence-corrected chi connectivity index (χ1v) is 6.98. The summed E-state index contributed by atoms with van der Waals surface area (Å²) < 4.78 is 25.2. The van der Waals surface area contributed by atoms with Gasteiger partial charge < -0.3 is 5.73 Å². The smallest absolute Gasteiger partial charge is 0.269 e. The number of hydrogen-bond acceptors (Lipinski definition) is 4. The van der Waals surface area contributed by atoms with Crippen LogP contribution in [-0.4, -0.2) is 25.2 Å². The van der Waals surface area contributed by atoms with E-state index >= 15 is 0 Å². The summed E-state index contributed by atoms with van der Waals surface area (Å²) in [6, 6.07) is 4.21. The van der Waals surface area contributed by atoms with Crippen molar-refractivity contribution in [3.05, 3.63) is 34.9 Å². The second kappa shape index (κ2) is 4.29. The van der Waals surface area contributed by atoms with Gasteiger partial charge in [0.1, 0.15) is 4.90 Å². The summed E-state index contributed by atoms with van der Waals surface area (Å²) in [6.07, 6.45) is 0. The van der Waals surface area contributed by atoms with E-state index in [0.29, 0.717) is 11.3 Å². The van der Waals surface area contributed by atoms with Crippen LogP contribution < -0.4 is 5.73 Å². The standard InChI is InChI=1S/C11H11ClN2O3S/c1-7(5-12)6-14-11(15)9-3-2-8(13)4-10(9)18(14,16)17/h2-5H,6,13H2,1H3/b7-5-. The Morgan fingerprint density at radius 2 is 2.17 bits per heavy atom. The van der Waals surface area contributed by atoms with E-state index in [1.54, 1.807) is 6.92 Å². The minimum atomic E-state index is -3.82. The fourth-order valence-electron chi connectivity index (χ4n) is 1.71. The average molecular weight is 287 g/mol. The molecule has 1 aliphatic rings. The molecule has 7 heteroatoms. The topological polar surface area (TPSA) is 80.5 Å². The summed E-state index contributed by atoms with van der Waals surface area (Å²) in [5.41, 5.74) is 7.82. The van der Waals surface area contributed by atoms with Gasteiger partial charge in [-0.25, -0.2) is 12.7 Å². The molecule has 1 aromatic rings. The zero-order valence-electron chi connectivity index (χ0n) is 9.55. The van der Waals surface area contributed by atoms with Crippen molar-refractivity contribution in [3.63, 3.8) is 0 Å². The second-order valence-electron chi connectivity index (χ2n) is 4.03. The highest BCUT2D eigenvalue weighted by Crippen LogP contribution is 2.32. The molecule has 1 aromatic carbocycles. The minimum Gasteiger partial charge on any atom is -0.399 e. The van der Waals surface area contributed by atoms with E-state index in [-0.39, 0.29) is 17.0 Å². The third kappa shape index (κ3) is 1.87. The number of anilines is 1. The third-order valence-electron chi connectivity index (χ3n) is 2.61. The Kier molecular flexibility index (Phi) is 3.08. The maximum absolute atomic E-state index is 12.2. The number of fused-ring (bicyclic) bond motifs is 1. The van der Waals surface area contributed by atoms with Gasteiger partial charge in [-0.05, 0) is 30.7 Å². The van der Waals surface area contributed by atoms with E-state index in [0.717, 1.165) is 4.31 Å². The first-order valence-electron chi connectivity index (χ1n) is 5.10. The lowest BCUT2D eigenvalue weighted by atomic mass is 10.2. The molecule has 0 aliphatic carbocycles. The van der Waals surface area contributed by atoms with Gasteiger partial charge in [0.25, 0.3) is 15.9 Å². The second-order valence-corrected chi connectivity index (χ2v) is 6.08. The van der Waals surface area contributed by atoms with Crippen LogP contribution in [0, 0.1) is 0 Å². The van der Waals surface area contributed by atoms with Crippen LogP contribution in [0.1, 0.15) is 17.3 Å². The molecule has 0 radical (unpaired) electrons. The fourth-order valence-corrected chi connectivity index (χ4v) is 3.42. The molecule has 2 rings (SSSR count). The maximum Gasteiger partial charge on any atom is 0.269 e. The van der Waals surface area contributed by atoms with E-state index in [9.17, 15) is 13.2 Å². The van der Waals surface area contributed by atoms with Crippen LogP contribution >= 0.6 is 11.6 Å². The van der Waals surface area contributed by atoms with Crippen molar-refractivity contribution in [2.75, 3.05) is 12.3 Å². The number of carbonyl (C=O) groups excluding carboxylic acids is 1. The Balaban J connectivity index is 2.55. The van der Waals surface area contributed by atoms with Crippen molar-refractivity contribution in [2.45, 2.75) is 11.8 Å². The van der Waals surface area contributed by atoms with E-state index < -0.39 is 15.9 Å². The lowest BCUT2D eigenvalue weighted by molar-refractivity contribution is 0.0878. The van der Waals surface area contributed by atoms with Crippen LogP contribution in [0.25, 0.3) is 0 Å². The number of nitrogens with zero attached hydrogens (tertiary/aromatic N) is 1. The third-order valence-corrected chi connectivity index (χ3v) is 4.75. The average Bonchev–Trinajstić information content (AvgIpc) is 2.50. The Labute approximate surface area is 110 Å². The van der Waals surface area contributed by atoms with Crippen molar-refractivity contribution >= 4 is 33.2 Å². The van der Waals surface area contributed by atoms with Gasteiger partial charge in [0, 0.05) is 11.2 Å². The highest BCUT2D eigenvalue weighted by atomic mass is 35.5. The molecule has 1 heterocycles. The van der Waals surface area contributed by atoms with Crippen LogP contribution in [0.2, 0.25) is 0 Å². The zero-order valence-corrected chi connectivity index (χ0v) is 11.1. The van der Waals surface area contributed by atoms with E-state index in [4.69, 9.17) is 17.3 Å². The van der Waals surface area contributed by atoms with Crippen LogP contribution in [0.5, 0.6) is 0 Å². The number of amides is 1. The molecule has 0 saturated carbocycles. The predicted molar refractivity (Wildman–Crippen MR) is 68.7 cm³/mol. The molecule has 0 fully saturated rings. The Morgan fingerprint density at radius 1 is 1.50 bits per heavy atom. The Hall–Kier alpha value is -1.53. The molecule has 5 nitrogen and oxygen atoms in total. The van der Waals surface area contributed by atoms with Gasteiger partial charge >= 0.3 is 0 Å². The van der Waals surface area contributed by atoms with E-state index in [1.165, 1.54) is 23.7 Å². The zero-order chi connectivity index (χ0) is 13.5. The van der Waals surface area contributed by atoms with Crippen LogP contribution in [0.15, 0.2) is 34.2 Å². The molecule has 0 aromatic heterocycles. The molecular weight excluding hydrogens is 276 g/mol. The monoisotopic (exact) mass is 286 g/mol. The number of benzene rings is 1. The number of nitrogens with two attached hydrogens (primary N) is 1. The van der Waals surface area contributed by atoms with Gasteiger partial charge in [0.05, 0.1) is 12.1 Å². The molecule has 0 atom stereocenters.